The molecule has 2 aromatic rings. The molecule has 6 heteroatoms. The van der Waals surface area contributed by atoms with Gasteiger partial charge in [0.25, 0.3) is 0 Å². The molecule has 1 saturated carbocycles. The Labute approximate surface area is 126 Å². The van der Waals surface area contributed by atoms with E-state index in [0.717, 1.165) is 30.3 Å². The zero-order chi connectivity index (χ0) is 14.3. The standard InChI is InChI=1S/C14H15Cl2N3O/c1-7(17-14(20)8-3-2-4-8)13-18-11-5-9(15)10(16)6-12(11)19-13/h5-8H,2-4H2,1H3,(H,17,20)(H,18,19). The van der Waals surface area contributed by atoms with Crippen LogP contribution in [0.2, 0.25) is 10.0 Å². The molecule has 4 nitrogen and oxygen atoms in total. The lowest BCUT2D eigenvalue weighted by atomic mass is 9.84. The third kappa shape index (κ3) is 2.50. The number of carbonyl (C=O) groups is 1. The van der Waals surface area contributed by atoms with E-state index in [1.165, 1.54) is 0 Å². The summed E-state index contributed by atoms with van der Waals surface area (Å²) in [5, 5.41) is 3.95. The van der Waals surface area contributed by atoms with Gasteiger partial charge in [0.2, 0.25) is 5.91 Å². The van der Waals surface area contributed by atoms with Gasteiger partial charge in [-0.25, -0.2) is 4.98 Å². The largest absolute Gasteiger partial charge is 0.346 e. The Morgan fingerprint density at radius 3 is 2.75 bits per heavy atom. The molecule has 1 heterocycles. The number of imidazole rings is 1. The van der Waals surface area contributed by atoms with Crippen molar-refractivity contribution in [2.24, 2.45) is 5.92 Å². The van der Waals surface area contributed by atoms with Crippen molar-refractivity contribution in [1.82, 2.24) is 15.3 Å². The maximum atomic E-state index is 11.9. The fourth-order valence-electron chi connectivity index (χ4n) is 2.30. The summed E-state index contributed by atoms with van der Waals surface area (Å²) in [6, 6.07) is 3.31. The summed E-state index contributed by atoms with van der Waals surface area (Å²) in [4.78, 5) is 19.6. The highest BCUT2D eigenvalue weighted by Gasteiger charge is 2.26. The molecule has 1 amide bonds. The average Bonchev–Trinajstić information content (AvgIpc) is 2.70. The summed E-state index contributed by atoms with van der Waals surface area (Å²) >= 11 is 12.0. The van der Waals surface area contributed by atoms with Gasteiger partial charge in [-0.1, -0.05) is 29.6 Å². The molecular weight excluding hydrogens is 297 g/mol. The molecule has 0 spiro atoms. The zero-order valence-electron chi connectivity index (χ0n) is 11.0. The number of H-pyrrole nitrogens is 1. The average molecular weight is 312 g/mol. The normalized spacial score (nSPS) is 16.9. The third-order valence-corrected chi connectivity index (χ3v) is 4.51. The van der Waals surface area contributed by atoms with Gasteiger partial charge in [0.05, 0.1) is 27.1 Å². The number of aromatic nitrogens is 2. The zero-order valence-corrected chi connectivity index (χ0v) is 12.6. The molecule has 3 rings (SSSR count). The Morgan fingerprint density at radius 2 is 2.10 bits per heavy atom. The smallest absolute Gasteiger partial charge is 0.223 e. The summed E-state index contributed by atoms with van der Waals surface area (Å²) < 4.78 is 0. The van der Waals surface area contributed by atoms with Crippen molar-refractivity contribution in [3.05, 3.63) is 28.0 Å². The number of nitrogens with one attached hydrogen (secondary N) is 2. The van der Waals surface area contributed by atoms with E-state index in [0.29, 0.717) is 15.9 Å². The highest BCUT2D eigenvalue weighted by molar-refractivity contribution is 6.42. The van der Waals surface area contributed by atoms with E-state index in [9.17, 15) is 4.79 Å². The molecule has 1 aromatic carbocycles. The summed E-state index contributed by atoms with van der Waals surface area (Å²) in [5.74, 6) is 0.997. The summed E-state index contributed by atoms with van der Waals surface area (Å²) in [6.45, 7) is 1.91. The van der Waals surface area contributed by atoms with Crippen LogP contribution in [0, 0.1) is 5.92 Å². The highest BCUT2D eigenvalue weighted by Crippen LogP contribution is 2.29. The number of carbonyl (C=O) groups excluding carboxylic acids is 1. The Hall–Kier alpha value is -1.26. The van der Waals surface area contributed by atoms with Crippen molar-refractivity contribution < 1.29 is 4.79 Å². The molecule has 1 aliphatic carbocycles. The van der Waals surface area contributed by atoms with Gasteiger partial charge < -0.3 is 10.3 Å². The number of rotatable bonds is 3. The molecule has 20 heavy (non-hydrogen) atoms. The molecule has 2 N–H and O–H groups in total. The van der Waals surface area contributed by atoms with Gasteiger partial charge >= 0.3 is 0 Å². The summed E-state index contributed by atoms with van der Waals surface area (Å²) in [6.07, 6.45) is 3.13. The summed E-state index contributed by atoms with van der Waals surface area (Å²) in [7, 11) is 0. The molecule has 0 radical (unpaired) electrons. The lowest BCUT2D eigenvalue weighted by Crippen LogP contribution is -2.36. The van der Waals surface area contributed by atoms with Crippen LogP contribution in [0.1, 0.15) is 38.1 Å². The maximum absolute atomic E-state index is 11.9. The van der Waals surface area contributed by atoms with E-state index in [1.54, 1.807) is 12.1 Å². The van der Waals surface area contributed by atoms with E-state index in [2.05, 4.69) is 15.3 Å². The lowest BCUT2D eigenvalue weighted by Gasteiger charge is -2.25. The monoisotopic (exact) mass is 311 g/mol. The highest BCUT2D eigenvalue weighted by atomic mass is 35.5. The molecule has 1 aliphatic rings. The second kappa shape index (κ2) is 5.26. The van der Waals surface area contributed by atoms with Crippen molar-refractivity contribution in [2.45, 2.75) is 32.2 Å². The van der Waals surface area contributed by atoms with Crippen LogP contribution in [-0.2, 0) is 4.79 Å². The quantitative estimate of drug-likeness (QED) is 0.904. The molecule has 0 aliphatic heterocycles. The maximum Gasteiger partial charge on any atom is 0.223 e. The first-order chi connectivity index (χ1) is 9.54. The first-order valence-electron chi connectivity index (χ1n) is 6.69. The predicted molar refractivity (Wildman–Crippen MR) is 80.0 cm³/mol. The fraction of sp³-hybridized carbons (Fsp3) is 0.429. The molecule has 1 aromatic heterocycles. The van der Waals surface area contributed by atoms with Crippen LogP contribution >= 0.6 is 23.2 Å². The molecule has 1 fully saturated rings. The number of hydrogen-bond donors (Lipinski definition) is 2. The number of nitrogens with zero attached hydrogens (tertiary/aromatic N) is 1. The van der Waals surface area contributed by atoms with Crippen LogP contribution in [0.5, 0.6) is 0 Å². The second-order valence-electron chi connectivity index (χ2n) is 5.26. The Kier molecular flexibility index (Phi) is 3.61. The van der Waals surface area contributed by atoms with Gasteiger partial charge in [-0.3, -0.25) is 4.79 Å². The number of aromatic amines is 1. The third-order valence-electron chi connectivity index (χ3n) is 3.79. The first kappa shape index (κ1) is 13.7. The van der Waals surface area contributed by atoms with Crippen LogP contribution < -0.4 is 5.32 Å². The van der Waals surface area contributed by atoms with Gasteiger partial charge in [-0.05, 0) is 31.9 Å². The van der Waals surface area contributed by atoms with Crippen LogP contribution in [-0.4, -0.2) is 15.9 Å². The van der Waals surface area contributed by atoms with Crippen molar-refractivity contribution in [1.29, 1.82) is 0 Å². The molecule has 1 atom stereocenters. The van der Waals surface area contributed by atoms with Gasteiger partial charge in [0.1, 0.15) is 5.82 Å². The Morgan fingerprint density at radius 1 is 1.40 bits per heavy atom. The number of halogens is 2. The minimum Gasteiger partial charge on any atom is -0.346 e. The first-order valence-corrected chi connectivity index (χ1v) is 7.45. The Bertz CT molecular complexity index is 625. The minimum atomic E-state index is -0.159. The molecule has 106 valence electrons. The topological polar surface area (TPSA) is 57.8 Å². The van der Waals surface area contributed by atoms with Crippen molar-refractivity contribution in [3.8, 4) is 0 Å². The van der Waals surface area contributed by atoms with Crippen LogP contribution in [0.3, 0.4) is 0 Å². The van der Waals surface area contributed by atoms with E-state index in [-0.39, 0.29) is 17.9 Å². The van der Waals surface area contributed by atoms with Crippen molar-refractivity contribution >= 4 is 40.1 Å². The molecule has 0 saturated heterocycles. The van der Waals surface area contributed by atoms with E-state index in [4.69, 9.17) is 23.2 Å². The van der Waals surface area contributed by atoms with Crippen LogP contribution in [0.15, 0.2) is 12.1 Å². The SMILES string of the molecule is CC(NC(=O)C1CCC1)c1nc2cc(Cl)c(Cl)cc2[nH]1. The molecular formula is C14H15Cl2N3O. The number of amides is 1. The number of fused-ring (bicyclic) bond motifs is 1. The van der Waals surface area contributed by atoms with Gasteiger partial charge in [0.15, 0.2) is 0 Å². The summed E-state index contributed by atoms with van der Waals surface area (Å²) in [5.41, 5.74) is 1.57. The lowest BCUT2D eigenvalue weighted by molar-refractivity contribution is -0.128. The van der Waals surface area contributed by atoms with Crippen LogP contribution in [0.25, 0.3) is 11.0 Å². The van der Waals surface area contributed by atoms with Crippen LogP contribution in [0.4, 0.5) is 0 Å². The number of hydrogen-bond acceptors (Lipinski definition) is 2. The fourth-order valence-corrected chi connectivity index (χ4v) is 2.62. The number of benzene rings is 1. The molecule has 0 bridgehead atoms. The predicted octanol–water partition coefficient (Wildman–Crippen LogP) is 3.85. The van der Waals surface area contributed by atoms with Gasteiger partial charge in [-0.2, -0.15) is 0 Å². The van der Waals surface area contributed by atoms with Crippen molar-refractivity contribution in [3.63, 3.8) is 0 Å². The molecule has 1 unspecified atom stereocenters. The van der Waals surface area contributed by atoms with Crippen molar-refractivity contribution in [2.75, 3.05) is 0 Å². The van der Waals surface area contributed by atoms with Gasteiger partial charge in [0, 0.05) is 5.92 Å². The van der Waals surface area contributed by atoms with E-state index >= 15 is 0 Å². The van der Waals surface area contributed by atoms with E-state index in [1.807, 2.05) is 6.92 Å². The minimum absolute atomic E-state index is 0.111. The van der Waals surface area contributed by atoms with E-state index < -0.39 is 0 Å². The Balaban J connectivity index is 1.80. The van der Waals surface area contributed by atoms with Gasteiger partial charge in [-0.15, -0.1) is 0 Å². The second-order valence-corrected chi connectivity index (χ2v) is 6.08.